The van der Waals surface area contributed by atoms with Crippen molar-refractivity contribution in [2.24, 2.45) is 5.41 Å². The Balaban J connectivity index is 2.01. The van der Waals surface area contributed by atoms with Crippen molar-refractivity contribution in [1.29, 1.82) is 0 Å². The zero-order chi connectivity index (χ0) is 13.9. The molecular formula is C13H16N2O4. The van der Waals surface area contributed by atoms with Crippen LogP contribution in [0.15, 0.2) is 24.3 Å². The highest BCUT2D eigenvalue weighted by Crippen LogP contribution is 2.31. The van der Waals surface area contributed by atoms with Gasteiger partial charge in [-0.2, -0.15) is 0 Å². The standard InChI is InChI=1S/C13H16N2O4/c16-12(17)13(7-8-14-9-13)6-5-10-1-3-11(4-2-10)15(18)19/h1-4,14H,5-9H2,(H,16,17). The molecule has 1 aromatic carbocycles. The number of nitro benzene ring substituents is 1. The van der Waals surface area contributed by atoms with E-state index in [9.17, 15) is 20.0 Å². The number of rotatable bonds is 5. The third-order valence-electron chi connectivity index (χ3n) is 3.74. The van der Waals surface area contributed by atoms with Gasteiger partial charge in [-0.05, 0) is 31.4 Å². The second kappa shape index (κ2) is 5.36. The van der Waals surface area contributed by atoms with Crippen molar-refractivity contribution in [3.63, 3.8) is 0 Å². The summed E-state index contributed by atoms with van der Waals surface area (Å²) in [5.74, 6) is -0.764. The van der Waals surface area contributed by atoms with E-state index >= 15 is 0 Å². The van der Waals surface area contributed by atoms with Gasteiger partial charge in [-0.15, -0.1) is 0 Å². The maximum Gasteiger partial charge on any atom is 0.310 e. The maximum absolute atomic E-state index is 11.4. The Morgan fingerprint density at radius 3 is 2.58 bits per heavy atom. The minimum absolute atomic E-state index is 0.0548. The first-order chi connectivity index (χ1) is 9.03. The summed E-state index contributed by atoms with van der Waals surface area (Å²) in [4.78, 5) is 21.5. The van der Waals surface area contributed by atoms with Gasteiger partial charge < -0.3 is 10.4 Å². The summed E-state index contributed by atoms with van der Waals surface area (Å²) >= 11 is 0. The van der Waals surface area contributed by atoms with Crippen molar-refractivity contribution in [1.82, 2.24) is 5.32 Å². The van der Waals surface area contributed by atoms with E-state index in [1.807, 2.05) is 0 Å². The molecule has 1 aliphatic rings. The van der Waals surface area contributed by atoms with Crippen LogP contribution in [-0.2, 0) is 11.2 Å². The van der Waals surface area contributed by atoms with Gasteiger partial charge in [-0.1, -0.05) is 12.1 Å². The number of benzene rings is 1. The fourth-order valence-corrected chi connectivity index (χ4v) is 2.41. The van der Waals surface area contributed by atoms with E-state index in [-0.39, 0.29) is 5.69 Å². The second-order valence-electron chi connectivity index (χ2n) is 4.94. The van der Waals surface area contributed by atoms with Crippen LogP contribution in [-0.4, -0.2) is 29.1 Å². The van der Waals surface area contributed by atoms with Gasteiger partial charge in [-0.3, -0.25) is 14.9 Å². The van der Waals surface area contributed by atoms with Gasteiger partial charge in [0.1, 0.15) is 0 Å². The zero-order valence-corrected chi connectivity index (χ0v) is 10.5. The summed E-state index contributed by atoms with van der Waals surface area (Å²) in [5, 5.41) is 23.0. The van der Waals surface area contributed by atoms with Gasteiger partial charge in [-0.25, -0.2) is 0 Å². The van der Waals surface area contributed by atoms with Crippen molar-refractivity contribution >= 4 is 11.7 Å². The van der Waals surface area contributed by atoms with Crippen molar-refractivity contribution < 1.29 is 14.8 Å². The third-order valence-corrected chi connectivity index (χ3v) is 3.74. The van der Waals surface area contributed by atoms with Gasteiger partial charge in [0.15, 0.2) is 0 Å². The first-order valence-electron chi connectivity index (χ1n) is 6.21. The Bertz CT molecular complexity index is 478. The Hall–Kier alpha value is -1.95. The Morgan fingerprint density at radius 1 is 1.42 bits per heavy atom. The van der Waals surface area contributed by atoms with Crippen LogP contribution in [0.25, 0.3) is 0 Å². The fraction of sp³-hybridized carbons (Fsp3) is 0.462. The van der Waals surface area contributed by atoms with Crippen molar-refractivity contribution in [3.05, 3.63) is 39.9 Å². The van der Waals surface area contributed by atoms with E-state index in [0.717, 1.165) is 12.1 Å². The largest absolute Gasteiger partial charge is 0.481 e. The van der Waals surface area contributed by atoms with Crippen LogP contribution in [0, 0.1) is 15.5 Å². The molecule has 19 heavy (non-hydrogen) atoms. The Labute approximate surface area is 110 Å². The molecule has 0 saturated carbocycles. The molecule has 0 radical (unpaired) electrons. The number of carboxylic acid groups (broad SMARTS) is 1. The molecule has 1 saturated heterocycles. The first kappa shape index (κ1) is 13.5. The summed E-state index contributed by atoms with van der Waals surface area (Å²) in [6.07, 6.45) is 1.80. The molecule has 0 aromatic heterocycles. The lowest BCUT2D eigenvalue weighted by atomic mass is 9.81. The lowest BCUT2D eigenvalue weighted by Crippen LogP contribution is -2.33. The predicted molar refractivity (Wildman–Crippen MR) is 69.0 cm³/mol. The molecule has 1 atom stereocenters. The summed E-state index contributed by atoms with van der Waals surface area (Å²) in [6.45, 7) is 1.22. The molecule has 1 unspecified atom stereocenters. The van der Waals surface area contributed by atoms with Gasteiger partial charge in [0.05, 0.1) is 10.3 Å². The molecule has 0 amide bonds. The normalized spacial score (nSPS) is 22.3. The van der Waals surface area contributed by atoms with E-state index in [1.54, 1.807) is 12.1 Å². The number of carboxylic acids is 1. The molecule has 2 rings (SSSR count). The summed E-state index contributed by atoms with van der Waals surface area (Å²) < 4.78 is 0. The number of non-ortho nitro benzene ring substituents is 1. The number of aliphatic carboxylic acids is 1. The monoisotopic (exact) mass is 264 g/mol. The highest BCUT2D eigenvalue weighted by Gasteiger charge is 2.40. The summed E-state index contributed by atoms with van der Waals surface area (Å²) in [5.41, 5.74) is 0.291. The highest BCUT2D eigenvalue weighted by atomic mass is 16.6. The van der Waals surface area contributed by atoms with Gasteiger partial charge in [0.25, 0.3) is 5.69 Å². The first-order valence-corrected chi connectivity index (χ1v) is 6.21. The van der Waals surface area contributed by atoms with E-state index in [0.29, 0.717) is 25.8 Å². The molecule has 6 heteroatoms. The average molecular weight is 264 g/mol. The van der Waals surface area contributed by atoms with Crippen molar-refractivity contribution in [2.75, 3.05) is 13.1 Å². The van der Waals surface area contributed by atoms with Crippen LogP contribution >= 0.6 is 0 Å². The summed E-state index contributed by atoms with van der Waals surface area (Å²) in [6, 6.07) is 6.29. The van der Waals surface area contributed by atoms with E-state index in [2.05, 4.69) is 5.32 Å². The molecule has 1 heterocycles. The van der Waals surface area contributed by atoms with Crippen molar-refractivity contribution in [3.8, 4) is 0 Å². The van der Waals surface area contributed by atoms with E-state index in [4.69, 9.17) is 0 Å². The molecule has 0 bridgehead atoms. The Kier molecular flexibility index (Phi) is 3.80. The van der Waals surface area contributed by atoms with Crippen LogP contribution in [0.1, 0.15) is 18.4 Å². The van der Waals surface area contributed by atoms with Crippen LogP contribution < -0.4 is 5.32 Å². The zero-order valence-electron chi connectivity index (χ0n) is 10.5. The third kappa shape index (κ3) is 2.90. The van der Waals surface area contributed by atoms with Gasteiger partial charge >= 0.3 is 5.97 Å². The Morgan fingerprint density at radius 2 is 2.11 bits per heavy atom. The quantitative estimate of drug-likeness (QED) is 0.622. The molecule has 102 valence electrons. The lowest BCUT2D eigenvalue weighted by molar-refractivity contribution is -0.384. The number of nitrogens with zero attached hydrogens (tertiary/aromatic N) is 1. The number of carbonyl (C=O) groups is 1. The molecule has 6 nitrogen and oxygen atoms in total. The van der Waals surface area contributed by atoms with E-state index in [1.165, 1.54) is 12.1 Å². The molecule has 1 fully saturated rings. The number of nitro groups is 1. The smallest absolute Gasteiger partial charge is 0.310 e. The van der Waals surface area contributed by atoms with Crippen LogP contribution in [0.3, 0.4) is 0 Å². The van der Waals surface area contributed by atoms with Crippen LogP contribution in [0.4, 0.5) is 5.69 Å². The van der Waals surface area contributed by atoms with Gasteiger partial charge in [0.2, 0.25) is 0 Å². The maximum atomic E-state index is 11.4. The molecule has 1 aliphatic heterocycles. The highest BCUT2D eigenvalue weighted by molar-refractivity contribution is 5.75. The average Bonchev–Trinajstić information content (AvgIpc) is 2.87. The summed E-state index contributed by atoms with van der Waals surface area (Å²) in [7, 11) is 0. The number of nitrogens with one attached hydrogen (secondary N) is 1. The second-order valence-corrected chi connectivity index (χ2v) is 4.94. The SMILES string of the molecule is O=C(O)C1(CCc2ccc([N+](=O)[O-])cc2)CCNC1. The van der Waals surface area contributed by atoms with Crippen LogP contribution in [0.2, 0.25) is 0 Å². The van der Waals surface area contributed by atoms with Gasteiger partial charge in [0, 0.05) is 18.7 Å². The topological polar surface area (TPSA) is 92.5 Å². The molecule has 0 spiro atoms. The van der Waals surface area contributed by atoms with E-state index < -0.39 is 16.3 Å². The number of aryl methyl sites for hydroxylation is 1. The lowest BCUT2D eigenvalue weighted by Gasteiger charge is -2.22. The minimum Gasteiger partial charge on any atom is -0.481 e. The molecule has 1 aromatic rings. The van der Waals surface area contributed by atoms with Crippen LogP contribution in [0.5, 0.6) is 0 Å². The number of hydrogen-bond acceptors (Lipinski definition) is 4. The van der Waals surface area contributed by atoms with Crippen molar-refractivity contribution in [2.45, 2.75) is 19.3 Å². The number of hydrogen-bond donors (Lipinski definition) is 2. The minimum atomic E-state index is -0.764. The molecule has 0 aliphatic carbocycles. The predicted octanol–water partition coefficient (Wildman–Crippen LogP) is 1.59. The molecule has 2 N–H and O–H groups in total. The fourth-order valence-electron chi connectivity index (χ4n) is 2.41. The molecular weight excluding hydrogens is 248 g/mol.